The lowest BCUT2D eigenvalue weighted by molar-refractivity contribution is -0.385. The number of hydrogen-bond donors (Lipinski definition) is 1. The second kappa shape index (κ2) is 9.31. The van der Waals surface area contributed by atoms with Crippen LogP contribution < -0.4 is 5.73 Å². The zero-order chi connectivity index (χ0) is 19.1. The minimum Gasteiger partial charge on any atom is -0.460 e. The molecule has 1 aromatic rings. The van der Waals surface area contributed by atoms with Gasteiger partial charge in [0.15, 0.2) is 0 Å². The number of carbonyl (C=O) groups excluding carboxylic acids is 2. The van der Waals surface area contributed by atoms with Crippen molar-refractivity contribution in [2.24, 2.45) is 17.6 Å². The van der Waals surface area contributed by atoms with Crippen molar-refractivity contribution < 1.29 is 19.2 Å². The van der Waals surface area contributed by atoms with Crippen LogP contribution in [-0.2, 0) is 16.1 Å². The molecule has 0 saturated heterocycles. The average molecular weight is 362 g/mol. The molecule has 2 N–H and O–H groups in total. The maximum Gasteiger partial charge on any atom is 0.309 e. The summed E-state index contributed by atoms with van der Waals surface area (Å²) in [6, 6.07) is 3.93. The second-order valence-electron chi connectivity index (χ2n) is 6.93. The van der Waals surface area contributed by atoms with E-state index in [-0.39, 0.29) is 35.3 Å². The summed E-state index contributed by atoms with van der Waals surface area (Å²) >= 11 is 0. The lowest BCUT2D eigenvalue weighted by Crippen LogP contribution is -2.24. The zero-order valence-electron chi connectivity index (χ0n) is 15.1. The minimum atomic E-state index is -0.739. The number of esters is 1. The molecule has 1 aromatic carbocycles. The van der Waals surface area contributed by atoms with Crippen molar-refractivity contribution in [3.63, 3.8) is 0 Å². The summed E-state index contributed by atoms with van der Waals surface area (Å²) in [5, 5.41) is 11.2. The topological polar surface area (TPSA) is 113 Å². The van der Waals surface area contributed by atoms with E-state index >= 15 is 0 Å². The third-order valence-corrected chi connectivity index (χ3v) is 5.08. The zero-order valence-corrected chi connectivity index (χ0v) is 15.1. The molecule has 0 radical (unpaired) electrons. The number of amides is 1. The molecule has 0 atom stereocenters. The van der Waals surface area contributed by atoms with Gasteiger partial charge in [-0.3, -0.25) is 19.7 Å². The first-order valence-electron chi connectivity index (χ1n) is 9.16. The lowest BCUT2D eigenvalue weighted by atomic mass is 9.80. The fourth-order valence-corrected chi connectivity index (χ4v) is 3.46. The summed E-state index contributed by atoms with van der Waals surface area (Å²) in [4.78, 5) is 34.0. The first-order valence-corrected chi connectivity index (χ1v) is 9.16. The quantitative estimate of drug-likeness (QED) is 0.430. The van der Waals surface area contributed by atoms with Gasteiger partial charge < -0.3 is 10.5 Å². The van der Waals surface area contributed by atoms with Gasteiger partial charge in [0.25, 0.3) is 5.69 Å². The smallest absolute Gasteiger partial charge is 0.309 e. The number of nitrogens with zero attached hydrogens (tertiary/aromatic N) is 1. The van der Waals surface area contributed by atoms with E-state index in [1.165, 1.54) is 31.4 Å². The SMILES string of the molecule is CCCCC1CCC(C(=O)OCc2ccc(C(N)=O)cc2[N+](=O)[O-])CC1. The van der Waals surface area contributed by atoms with Gasteiger partial charge in [0.05, 0.1) is 16.4 Å². The molecule has 0 aromatic heterocycles. The van der Waals surface area contributed by atoms with Crippen molar-refractivity contribution in [2.45, 2.75) is 58.5 Å². The van der Waals surface area contributed by atoms with Crippen molar-refractivity contribution in [1.82, 2.24) is 0 Å². The number of nitrogens with two attached hydrogens (primary N) is 1. The first kappa shape index (κ1) is 19.9. The maximum absolute atomic E-state index is 12.3. The summed E-state index contributed by atoms with van der Waals surface area (Å²) in [6.07, 6.45) is 7.34. The number of unbranched alkanes of at least 4 members (excludes halogenated alkanes) is 1. The molecule has 142 valence electrons. The summed E-state index contributed by atoms with van der Waals surface area (Å²) in [7, 11) is 0. The fourth-order valence-electron chi connectivity index (χ4n) is 3.46. The molecule has 0 spiro atoms. The Labute approximate surface area is 153 Å². The fraction of sp³-hybridized carbons (Fsp3) is 0.579. The Morgan fingerprint density at radius 3 is 2.54 bits per heavy atom. The number of benzene rings is 1. The normalized spacial score (nSPS) is 19.7. The van der Waals surface area contributed by atoms with Crippen molar-refractivity contribution in [3.05, 3.63) is 39.4 Å². The van der Waals surface area contributed by atoms with Crippen LogP contribution in [0.25, 0.3) is 0 Å². The highest BCUT2D eigenvalue weighted by Crippen LogP contribution is 2.33. The summed E-state index contributed by atoms with van der Waals surface area (Å²) in [5.74, 6) is -0.470. The van der Waals surface area contributed by atoms with E-state index in [0.29, 0.717) is 5.92 Å². The third kappa shape index (κ3) is 5.28. The Bertz CT molecular complexity index is 666. The molecule has 1 amide bonds. The predicted molar refractivity (Wildman–Crippen MR) is 96.4 cm³/mol. The number of rotatable bonds is 8. The highest BCUT2D eigenvalue weighted by molar-refractivity contribution is 5.93. The molecule has 1 fully saturated rings. The van der Waals surface area contributed by atoms with Crippen molar-refractivity contribution >= 4 is 17.6 Å². The molecule has 0 unspecified atom stereocenters. The molecule has 0 bridgehead atoms. The summed E-state index contributed by atoms with van der Waals surface area (Å²) in [6.45, 7) is 2.00. The van der Waals surface area contributed by atoms with Crippen LogP contribution >= 0.6 is 0 Å². The average Bonchev–Trinajstić information content (AvgIpc) is 2.64. The Kier molecular flexibility index (Phi) is 7.12. The molecule has 7 heteroatoms. The minimum absolute atomic E-state index is 0.0529. The van der Waals surface area contributed by atoms with Gasteiger partial charge in [-0.25, -0.2) is 0 Å². The van der Waals surface area contributed by atoms with Crippen LogP contribution in [-0.4, -0.2) is 16.8 Å². The van der Waals surface area contributed by atoms with E-state index in [4.69, 9.17) is 10.5 Å². The molecule has 0 heterocycles. The van der Waals surface area contributed by atoms with Crippen LogP contribution in [0.2, 0.25) is 0 Å². The highest BCUT2D eigenvalue weighted by atomic mass is 16.6. The van der Waals surface area contributed by atoms with Gasteiger partial charge in [-0.05, 0) is 43.7 Å². The van der Waals surface area contributed by atoms with Crippen LogP contribution in [0.5, 0.6) is 0 Å². The number of carbonyl (C=O) groups is 2. The summed E-state index contributed by atoms with van der Waals surface area (Å²) in [5.41, 5.74) is 5.19. The molecule has 2 rings (SSSR count). The Hall–Kier alpha value is -2.44. The largest absolute Gasteiger partial charge is 0.460 e. The number of nitro benzene ring substituents is 1. The summed E-state index contributed by atoms with van der Waals surface area (Å²) < 4.78 is 5.32. The molecule has 7 nitrogen and oxygen atoms in total. The molecular weight excluding hydrogens is 336 g/mol. The van der Waals surface area contributed by atoms with E-state index in [2.05, 4.69) is 6.92 Å². The number of primary amides is 1. The van der Waals surface area contributed by atoms with Crippen LogP contribution in [0.1, 0.15) is 67.8 Å². The Balaban J connectivity index is 1.91. The molecule has 26 heavy (non-hydrogen) atoms. The van der Waals surface area contributed by atoms with E-state index < -0.39 is 10.8 Å². The third-order valence-electron chi connectivity index (χ3n) is 5.08. The maximum atomic E-state index is 12.3. The molecule has 0 aliphatic heterocycles. The number of ether oxygens (including phenoxy) is 1. The van der Waals surface area contributed by atoms with Gasteiger partial charge >= 0.3 is 5.97 Å². The highest BCUT2D eigenvalue weighted by Gasteiger charge is 2.27. The van der Waals surface area contributed by atoms with Crippen molar-refractivity contribution in [2.75, 3.05) is 0 Å². The van der Waals surface area contributed by atoms with Gasteiger partial charge in [0.1, 0.15) is 6.61 Å². The van der Waals surface area contributed by atoms with Crippen LogP contribution in [0.3, 0.4) is 0 Å². The van der Waals surface area contributed by atoms with E-state index in [9.17, 15) is 19.7 Å². The van der Waals surface area contributed by atoms with Crippen molar-refractivity contribution in [3.8, 4) is 0 Å². The van der Waals surface area contributed by atoms with Gasteiger partial charge in [-0.2, -0.15) is 0 Å². The molecule has 1 saturated carbocycles. The monoisotopic (exact) mass is 362 g/mol. The first-order chi connectivity index (χ1) is 12.4. The standard InChI is InChI=1S/C19H26N2O5/c1-2-3-4-13-5-7-14(8-6-13)19(23)26-12-16-10-9-15(18(20)22)11-17(16)21(24)25/h9-11,13-14H,2-8,12H2,1H3,(H2,20,22). The van der Waals surface area contributed by atoms with E-state index in [0.717, 1.165) is 31.7 Å². The molecule has 1 aliphatic carbocycles. The van der Waals surface area contributed by atoms with Crippen molar-refractivity contribution in [1.29, 1.82) is 0 Å². The van der Waals surface area contributed by atoms with Gasteiger partial charge in [0, 0.05) is 11.6 Å². The predicted octanol–water partition coefficient (Wildman–Crippen LogP) is 3.73. The van der Waals surface area contributed by atoms with Gasteiger partial charge in [-0.15, -0.1) is 0 Å². The Morgan fingerprint density at radius 1 is 1.27 bits per heavy atom. The van der Waals surface area contributed by atoms with Gasteiger partial charge in [-0.1, -0.05) is 26.2 Å². The Morgan fingerprint density at radius 2 is 1.96 bits per heavy atom. The lowest BCUT2D eigenvalue weighted by Gasteiger charge is -2.27. The van der Waals surface area contributed by atoms with Crippen LogP contribution in [0.15, 0.2) is 18.2 Å². The number of nitro groups is 1. The van der Waals surface area contributed by atoms with Crippen LogP contribution in [0, 0.1) is 22.0 Å². The molecule has 1 aliphatic rings. The number of hydrogen-bond acceptors (Lipinski definition) is 5. The van der Waals surface area contributed by atoms with E-state index in [1.54, 1.807) is 0 Å². The van der Waals surface area contributed by atoms with E-state index in [1.807, 2.05) is 0 Å². The van der Waals surface area contributed by atoms with Crippen LogP contribution in [0.4, 0.5) is 5.69 Å². The van der Waals surface area contributed by atoms with Gasteiger partial charge in [0.2, 0.25) is 5.91 Å². The molecular formula is C19H26N2O5. The second-order valence-corrected chi connectivity index (χ2v) is 6.93.